The molecule has 2 aromatic rings. The topological polar surface area (TPSA) is 35.8 Å². The lowest BCUT2D eigenvalue weighted by atomic mass is 9.99. The van der Waals surface area contributed by atoms with Crippen molar-refractivity contribution in [1.29, 1.82) is 0 Å². The van der Waals surface area contributed by atoms with Gasteiger partial charge in [0.1, 0.15) is 0 Å². The maximum atomic E-state index is 9.70. The van der Waals surface area contributed by atoms with E-state index < -0.39 is 0 Å². The van der Waals surface area contributed by atoms with E-state index in [1.165, 1.54) is 5.01 Å². The van der Waals surface area contributed by atoms with Crippen LogP contribution in [0.25, 0.3) is 0 Å². The molecule has 1 aliphatic heterocycles. The molecule has 0 fully saturated rings. The van der Waals surface area contributed by atoms with Crippen molar-refractivity contribution < 1.29 is 5.11 Å². The molecule has 0 spiro atoms. The summed E-state index contributed by atoms with van der Waals surface area (Å²) in [5.41, 5.74) is 3.10. The molecule has 3 rings (SSSR count). The second-order valence-corrected chi connectivity index (χ2v) is 5.04. The van der Waals surface area contributed by atoms with Crippen LogP contribution < -0.4 is 0 Å². The number of thiocarbonyl (C=S) groups is 1. The summed E-state index contributed by atoms with van der Waals surface area (Å²) in [5, 5.41) is 15.5. The quantitative estimate of drug-likeness (QED) is 0.853. The summed E-state index contributed by atoms with van der Waals surface area (Å²) in [7, 11) is 0. The van der Waals surface area contributed by atoms with Crippen molar-refractivity contribution in [3.63, 3.8) is 0 Å². The van der Waals surface area contributed by atoms with E-state index in [-0.39, 0.29) is 11.2 Å². The Morgan fingerprint density at radius 1 is 1.05 bits per heavy atom. The normalized spacial score (nSPS) is 17.9. The van der Waals surface area contributed by atoms with Gasteiger partial charge in [-0.1, -0.05) is 60.7 Å². The number of rotatable bonds is 2. The second kappa shape index (κ2) is 5.43. The zero-order valence-corrected chi connectivity index (χ0v) is 11.6. The first kappa shape index (κ1) is 12.8. The monoisotopic (exact) mass is 282 g/mol. The third-order valence-corrected chi connectivity index (χ3v) is 3.58. The fraction of sp³-hybridized carbons (Fsp3) is 0.125. The zero-order valence-electron chi connectivity index (χ0n) is 10.8. The molecular formula is C16H14N2OS. The highest BCUT2D eigenvalue weighted by molar-refractivity contribution is 7.79. The van der Waals surface area contributed by atoms with E-state index in [1.807, 2.05) is 60.7 Å². The predicted molar refractivity (Wildman–Crippen MR) is 83.8 cm³/mol. The summed E-state index contributed by atoms with van der Waals surface area (Å²) >= 11 is 4.91. The number of benzene rings is 2. The Hall–Kier alpha value is -2.20. The minimum Gasteiger partial charge on any atom is -0.485 e. The smallest absolute Gasteiger partial charge is 0.278 e. The van der Waals surface area contributed by atoms with E-state index in [1.54, 1.807) is 0 Å². The van der Waals surface area contributed by atoms with Crippen LogP contribution in [0.5, 0.6) is 0 Å². The minimum atomic E-state index is -0.190. The van der Waals surface area contributed by atoms with Crippen LogP contribution in [0.2, 0.25) is 0 Å². The van der Waals surface area contributed by atoms with E-state index in [0.717, 1.165) is 23.3 Å². The molecule has 3 nitrogen and oxygen atoms in total. The third-order valence-electron chi connectivity index (χ3n) is 3.40. The van der Waals surface area contributed by atoms with Crippen LogP contribution in [0.1, 0.15) is 23.6 Å². The van der Waals surface area contributed by atoms with Crippen molar-refractivity contribution in [2.24, 2.45) is 5.10 Å². The highest BCUT2D eigenvalue weighted by atomic mass is 32.1. The van der Waals surface area contributed by atoms with Gasteiger partial charge >= 0.3 is 0 Å². The molecule has 0 radical (unpaired) electrons. The SMILES string of the molecule is OC(=S)N1N=C(c2ccccc2)CC1c1ccccc1. The number of aliphatic hydroxyl groups is 1. The number of aliphatic hydroxyl groups excluding tert-OH is 1. The van der Waals surface area contributed by atoms with Crippen molar-refractivity contribution in [2.75, 3.05) is 0 Å². The van der Waals surface area contributed by atoms with Crippen LogP contribution >= 0.6 is 12.2 Å². The maximum Gasteiger partial charge on any atom is 0.278 e. The van der Waals surface area contributed by atoms with Gasteiger partial charge in [-0.15, -0.1) is 0 Å². The predicted octanol–water partition coefficient (Wildman–Crippen LogP) is 3.68. The molecule has 0 aliphatic carbocycles. The van der Waals surface area contributed by atoms with Crippen LogP contribution in [-0.2, 0) is 0 Å². The van der Waals surface area contributed by atoms with Gasteiger partial charge in [-0.05, 0) is 23.3 Å². The van der Waals surface area contributed by atoms with Gasteiger partial charge in [0.15, 0.2) is 0 Å². The van der Waals surface area contributed by atoms with Gasteiger partial charge < -0.3 is 5.11 Å². The Morgan fingerprint density at radius 2 is 1.65 bits per heavy atom. The molecule has 1 N–H and O–H groups in total. The number of hydrogen-bond donors (Lipinski definition) is 1. The number of hydrogen-bond acceptors (Lipinski definition) is 2. The van der Waals surface area contributed by atoms with E-state index >= 15 is 0 Å². The Kier molecular flexibility index (Phi) is 3.48. The Bertz CT molecular complexity index is 640. The first-order valence-corrected chi connectivity index (χ1v) is 6.86. The van der Waals surface area contributed by atoms with Crippen molar-refractivity contribution >= 4 is 23.1 Å². The minimum absolute atomic E-state index is 0.0380. The summed E-state index contributed by atoms with van der Waals surface area (Å²) in [6, 6.07) is 19.9. The lowest BCUT2D eigenvalue weighted by Crippen LogP contribution is -2.24. The molecule has 2 aromatic carbocycles. The molecule has 1 aliphatic rings. The van der Waals surface area contributed by atoms with Gasteiger partial charge in [0, 0.05) is 6.42 Å². The molecule has 4 heteroatoms. The molecule has 1 atom stereocenters. The maximum absolute atomic E-state index is 9.70. The highest BCUT2D eigenvalue weighted by Gasteiger charge is 2.30. The van der Waals surface area contributed by atoms with E-state index in [0.29, 0.717) is 0 Å². The molecule has 0 amide bonds. The van der Waals surface area contributed by atoms with Gasteiger partial charge in [-0.2, -0.15) is 5.10 Å². The molecule has 100 valence electrons. The fourth-order valence-corrected chi connectivity index (χ4v) is 2.59. The first-order chi connectivity index (χ1) is 9.75. The third kappa shape index (κ3) is 2.42. The molecule has 0 bridgehead atoms. The van der Waals surface area contributed by atoms with Gasteiger partial charge in [-0.3, -0.25) is 0 Å². The molecule has 1 heterocycles. The average Bonchev–Trinajstić information content (AvgIpc) is 2.94. The Labute approximate surface area is 123 Å². The van der Waals surface area contributed by atoms with Crippen LogP contribution in [-0.4, -0.2) is 21.0 Å². The number of nitrogens with zero attached hydrogens (tertiary/aromatic N) is 2. The standard InChI is InChI=1S/C16H14N2OS/c19-16(20)18-15(13-9-5-2-6-10-13)11-14(17-18)12-7-3-1-4-8-12/h1-10,15H,11H2,(H,19,20). The lowest BCUT2D eigenvalue weighted by Gasteiger charge is -2.20. The zero-order chi connectivity index (χ0) is 13.9. The van der Waals surface area contributed by atoms with Crippen molar-refractivity contribution in [3.05, 3.63) is 71.8 Å². The second-order valence-electron chi connectivity index (χ2n) is 4.67. The van der Waals surface area contributed by atoms with Gasteiger partial charge in [0.2, 0.25) is 0 Å². The average molecular weight is 282 g/mol. The van der Waals surface area contributed by atoms with Gasteiger partial charge in [0.05, 0.1) is 11.8 Å². The van der Waals surface area contributed by atoms with E-state index in [2.05, 4.69) is 5.10 Å². The molecular weight excluding hydrogens is 268 g/mol. The summed E-state index contributed by atoms with van der Waals surface area (Å²) in [4.78, 5) is 0. The number of hydrazone groups is 1. The summed E-state index contributed by atoms with van der Waals surface area (Å²) in [5.74, 6) is 0. The summed E-state index contributed by atoms with van der Waals surface area (Å²) in [6.45, 7) is 0. The lowest BCUT2D eigenvalue weighted by molar-refractivity contribution is 0.308. The van der Waals surface area contributed by atoms with Crippen LogP contribution in [0.4, 0.5) is 0 Å². The van der Waals surface area contributed by atoms with E-state index in [4.69, 9.17) is 12.2 Å². The first-order valence-electron chi connectivity index (χ1n) is 6.45. The van der Waals surface area contributed by atoms with Crippen molar-refractivity contribution in [1.82, 2.24) is 5.01 Å². The molecule has 0 aromatic heterocycles. The Morgan fingerprint density at radius 3 is 2.25 bits per heavy atom. The van der Waals surface area contributed by atoms with Crippen LogP contribution in [0, 0.1) is 0 Å². The molecule has 0 saturated heterocycles. The van der Waals surface area contributed by atoms with Gasteiger partial charge in [-0.25, -0.2) is 5.01 Å². The van der Waals surface area contributed by atoms with Gasteiger partial charge in [0.25, 0.3) is 5.17 Å². The Balaban J connectivity index is 1.94. The van der Waals surface area contributed by atoms with Crippen LogP contribution in [0.3, 0.4) is 0 Å². The molecule has 1 unspecified atom stereocenters. The van der Waals surface area contributed by atoms with Crippen molar-refractivity contribution in [3.8, 4) is 0 Å². The highest BCUT2D eigenvalue weighted by Crippen LogP contribution is 2.32. The fourth-order valence-electron chi connectivity index (χ4n) is 2.43. The summed E-state index contributed by atoms with van der Waals surface area (Å²) < 4.78 is 0. The largest absolute Gasteiger partial charge is 0.485 e. The van der Waals surface area contributed by atoms with E-state index in [9.17, 15) is 5.11 Å². The van der Waals surface area contributed by atoms with Crippen molar-refractivity contribution in [2.45, 2.75) is 12.5 Å². The molecule has 0 saturated carbocycles. The summed E-state index contributed by atoms with van der Waals surface area (Å²) in [6.07, 6.45) is 0.731. The van der Waals surface area contributed by atoms with Crippen LogP contribution in [0.15, 0.2) is 65.8 Å². The molecule has 20 heavy (non-hydrogen) atoms.